The van der Waals surface area contributed by atoms with Gasteiger partial charge >= 0.3 is 6.09 Å². The summed E-state index contributed by atoms with van der Waals surface area (Å²) < 4.78 is 4.61. The molecule has 0 spiro atoms. The molecule has 0 heterocycles. The molecule has 0 fully saturated rings. The van der Waals surface area contributed by atoms with Crippen molar-refractivity contribution in [2.24, 2.45) is 0 Å². The van der Waals surface area contributed by atoms with Crippen LogP contribution in [-0.4, -0.2) is 12.7 Å². The highest BCUT2D eigenvalue weighted by molar-refractivity contribution is 5.84. The smallest absolute Gasteiger partial charge is 0.412 e. The molecule has 0 unspecified atom stereocenters. The molecule has 1 aromatic rings. The van der Waals surface area contributed by atoms with Gasteiger partial charge in [-0.2, -0.15) is 0 Å². The second-order valence-electron chi connectivity index (χ2n) is 2.53. The van der Waals surface area contributed by atoms with Crippen molar-refractivity contribution >= 4 is 17.5 Å². The number of carbonyl (C=O) groups is 1. The number of rotatable bonds is 2. The van der Waals surface area contributed by atoms with E-state index in [-0.39, 0.29) is 6.61 Å². The summed E-state index contributed by atoms with van der Waals surface area (Å²) in [5.41, 5.74) is 6.71. The molecule has 0 saturated heterocycles. The Morgan fingerprint density at radius 3 is 2.71 bits per heavy atom. The number of nitrogen functional groups attached to an aromatic ring is 1. The molecule has 14 heavy (non-hydrogen) atoms. The van der Waals surface area contributed by atoms with Gasteiger partial charge < -0.3 is 10.5 Å². The Balaban J connectivity index is 2.49. The van der Waals surface area contributed by atoms with E-state index in [1.54, 1.807) is 24.3 Å². The van der Waals surface area contributed by atoms with Gasteiger partial charge in [-0.05, 0) is 24.3 Å². The maximum absolute atomic E-state index is 11.0. The zero-order valence-corrected chi connectivity index (χ0v) is 7.49. The quantitative estimate of drug-likeness (QED) is 0.548. The minimum Gasteiger partial charge on any atom is -0.436 e. The number of ether oxygens (including phenoxy) is 1. The number of hydrogen-bond acceptors (Lipinski definition) is 3. The van der Waals surface area contributed by atoms with Gasteiger partial charge in [0.05, 0.1) is 0 Å². The molecule has 3 N–H and O–H groups in total. The summed E-state index contributed by atoms with van der Waals surface area (Å²) in [6.45, 7) is -0.0409. The van der Waals surface area contributed by atoms with Crippen LogP contribution in [0.2, 0.25) is 0 Å². The lowest BCUT2D eigenvalue weighted by Gasteiger charge is -2.04. The van der Waals surface area contributed by atoms with E-state index in [4.69, 9.17) is 12.2 Å². The second kappa shape index (κ2) is 4.77. The third-order valence-corrected chi connectivity index (χ3v) is 1.44. The highest BCUT2D eigenvalue weighted by atomic mass is 16.5. The van der Waals surface area contributed by atoms with Crippen molar-refractivity contribution in [3.8, 4) is 12.3 Å². The molecule has 0 aliphatic heterocycles. The molecule has 0 atom stereocenters. The van der Waals surface area contributed by atoms with Crippen LogP contribution < -0.4 is 11.1 Å². The number of nitrogens with one attached hydrogen (secondary N) is 1. The number of amides is 1. The molecule has 0 radical (unpaired) electrons. The first-order valence-electron chi connectivity index (χ1n) is 3.95. The average Bonchev–Trinajstić information content (AvgIpc) is 2.18. The fourth-order valence-electron chi connectivity index (χ4n) is 0.828. The van der Waals surface area contributed by atoms with E-state index in [0.717, 1.165) is 0 Å². The molecule has 4 nitrogen and oxygen atoms in total. The fraction of sp³-hybridized carbons (Fsp3) is 0.100. The highest BCUT2D eigenvalue weighted by Crippen LogP contribution is 2.10. The SMILES string of the molecule is C#CCOC(=O)Nc1ccc(N)cc1. The van der Waals surface area contributed by atoms with E-state index >= 15 is 0 Å². The van der Waals surface area contributed by atoms with E-state index in [2.05, 4.69) is 16.0 Å². The summed E-state index contributed by atoms with van der Waals surface area (Å²) in [5.74, 6) is 2.19. The Labute approximate surface area is 82.1 Å². The van der Waals surface area contributed by atoms with Crippen LogP contribution >= 0.6 is 0 Å². The lowest BCUT2D eigenvalue weighted by Crippen LogP contribution is -2.13. The zero-order valence-electron chi connectivity index (χ0n) is 7.49. The molecule has 1 aromatic carbocycles. The molecule has 1 amide bonds. The van der Waals surface area contributed by atoms with E-state index in [1.165, 1.54) is 0 Å². The van der Waals surface area contributed by atoms with Crippen molar-refractivity contribution in [1.82, 2.24) is 0 Å². The molecular formula is C10H10N2O2. The van der Waals surface area contributed by atoms with Crippen molar-refractivity contribution in [2.75, 3.05) is 17.7 Å². The standard InChI is InChI=1S/C10H10N2O2/c1-2-7-14-10(13)12-9-5-3-8(11)4-6-9/h1,3-6H,7,11H2,(H,12,13). The van der Waals surface area contributed by atoms with Gasteiger partial charge in [-0.15, -0.1) is 6.42 Å². The van der Waals surface area contributed by atoms with E-state index in [1.807, 2.05) is 0 Å². The van der Waals surface area contributed by atoms with Gasteiger partial charge in [0.15, 0.2) is 6.61 Å². The van der Waals surface area contributed by atoms with Gasteiger partial charge in [-0.1, -0.05) is 5.92 Å². The van der Waals surface area contributed by atoms with Crippen molar-refractivity contribution < 1.29 is 9.53 Å². The third kappa shape index (κ3) is 3.07. The summed E-state index contributed by atoms with van der Waals surface area (Å²) >= 11 is 0. The maximum atomic E-state index is 11.0. The first kappa shape index (κ1) is 9.93. The largest absolute Gasteiger partial charge is 0.436 e. The van der Waals surface area contributed by atoms with Gasteiger partial charge in [-0.25, -0.2) is 4.79 Å². The minimum absolute atomic E-state index is 0.0409. The molecule has 0 aromatic heterocycles. The molecule has 72 valence electrons. The number of carbonyl (C=O) groups excluding carboxylic acids is 1. The molecule has 1 rings (SSSR count). The highest BCUT2D eigenvalue weighted by Gasteiger charge is 2.00. The van der Waals surface area contributed by atoms with Crippen LogP contribution in [0.15, 0.2) is 24.3 Å². The van der Waals surface area contributed by atoms with Crippen molar-refractivity contribution in [3.63, 3.8) is 0 Å². The Bertz CT molecular complexity index is 351. The molecule has 0 aliphatic rings. The normalized spacial score (nSPS) is 8.79. The van der Waals surface area contributed by atoms with E-state index in [9.17, 15) is 4.79 Å². The predicted molar refractivity (Wildman–Crippen MR) is 54.7 cm³/mol. The van der Waals surface area contributed by atoms with Gasteiger partial charge in [0, 0.05) is 11.4 Å². The number of anilines is 2. The second-order valence-corrected chi connectivity index (χ2v) is 2.53. The van der Waals surface area contributed by atoms with Gasteiger partial charge in [-0.3, -0.25) is 5.32 Å². The molecular weight excluding hydrogens is 180 g/mol. The summed E-state index contributed by atoms with van der Waals surface area (Å²) in [6.07, 6.45) is 4.34. The summed E-state index contributed by atoms with van der Waals surface area (Å²) in [7, 11) is 0. The van der Waals surface area contributed by atoms with Crippen molar-refractivity contribution in [2.45, 2.75) is 0 Å². The zero-order chi connectivity index (χ0) is 10.4. The van der Waals surface area contributed by atoms with E-state index < -0.39 is 6.09 Å². The van der Waals surface area contributed by atoms with Crippen molar-refractivity contribution in [3.05, 3.63) is 24.3 Å². The Morgan fingerprint density at radius 1 is 1.50 bits per heavy atom. The Hall–Kier alpha value is -2.15. The van der Waals surface area contributed by atoms with Crippen LogP contribution in [-0.2, 0) is 4.74 Å². The topological polar surface area (TPSA) is 64.3 Å². The van der Waals surface area contributed by atoms with Gasteiger partial charge in [0.1, 0.15) is 0 Å². The summed E-state index contributed by atoms with van der Waals surface area (Å²) in [4.78, 5) is 11.0. The van der Waals surface area contributed by atoms with Crippen LogP contribution in [0.3, 0.4) is 0 Å². The first-order chi connectivity index (χ1) is 6.72. The lowest BCUT2D eigenvalue weighted by atomic mass is 10.3. The van der Waals surface area contributed by atoms with Crippen LogP contribution in [0.25, 0.3) is 0 Å². The van der Waals surface area contributed by atoms with Crippen LogP contribution in [0.5, 0.6) is 0 Å². The third-order valence-electron chi connectivity index (χ3n) is 1.44. The molecule has 0 saturated carbocycles. The number of hydrogen-bond donors (Lipinski definition) is 2. The predicted octanol–water partition coefficient (Wildman–Crippen LogP) is 1.45. The van der Waals surface area contributed by atoms with Crippen molar-refractivity contribution in [1.29, 1.82) is 0 Å². The number of benzene rings is 1. The Kier molecular flexibility index (Phi) is 3.39. The van der Waals surface area contributed by atoms with Gasteiger partial charge in [0.25, 0.3) is 0 Å². The minimum atomic E-state index is -0.576. The van der Waals surface area contributed by atoms with E-state index in [0.29, 0.717) is 11.4 Å². The number of nitrogens with two attached hydrogens (primary N) is 1. The van der Waals surface area contributed by atoms with Gasteiger partial charge in [0.2, 0.25) is 0 Å². The summed E-state index contributed by atoms with van der Waals surface area (Å²) in [5, 5.41) is 2.49. The first-order valence-corrected chi connectivity index (χ1v) is 3.95. The number of terminal acetylenes is 1. The lowest BCUT2D eigenvalue weighted by molar-refractivity contribution is 0.176. The van der Waals surface area contributed by atoms with Crippen LogP contribution in [0, 0.1) is 12.3 Å². The molecule has 4 heteroatoms. The van der Waals surface area contributed by atoms with Crippen LogP contribution in [0.4, 0.5) is 16.2 Å². The maximum Gasteiger partial charge on any atom is 0.412 e. The van der Waals surface area contributed by atoms with Crippen LogP contribution in [0.1, 0.15) is 0 Å². The fourth-order valence-corrected chi connectivity index (χ4v) is 0.828. The molecule has 0 bridgehead atoms. The molecule has 0 aliphatic carbocycles. The monoisotopic (exact) mass is 190 g/mol. The average molecular weight is 190 g/mol. The summed E-state index contributed by atoms with van der Waals surface area (Å²) in [6, 6.07) is 6.70. The Morgan fingerprint density at radius 2 is 2.14 bits per heavy atom.